The van der Waals surface area contributed by atoms with Gasteiger partial charge in [0, 0.05) is 19.2 Å². The van der Waals surface area contributed by atoms with Crippen molar-refractivity contribution in [2.24, 2.45) is 0 Å². The minimum Gasteiger partial charge on any atom is -0.465 e. The van der Waals surface area contributed by atoms with Crippen molar-refractivity contribution in [2.75, 3.05) is 25.6 Å². The van der Waals surface area contributed by atoms with Crippen molar-refractivity contribution in [1.29, 1.82) is 0 Å². The minimum atomic E-state index is -0.512. The molecule has 7 nitrogen and oxygen atoms in total. The number of piperidine rings is 1. The number of benzene rings is 1. The van der Waals surface area contributed by atoms with E-state index in [4.69, 9.17) is 0 Å². The fraction of sp³-hybridized carbons (Fsp3) is 0.462. The van der Waals surface area contributed by atoms with E-state index in [-0.39, 0.29) is 11.3 Å². The maximum Gasteiger partial charge on any atom is 0.337 e. The highest BCUT2D eigenvalue weighted by molar-refractivity contribution is 5.91. The number of ether oxygens (including phenoxy) is 1. The monoisotopic (exact) mass is 279 g/mol. The Kier molecular flexibility index (Phi) is 4.52. The van der Waals surface area contributed by atoms with Gasteiger partial charge in [0.05, 0.1) is 17.6 Å². The van der Waals surface area contributed by atoms with Gasteiger partial charge in [0.1, 0.15) is 5.69 Å². The van der Waals surface area contributed by atoms with Gasteiger partial charge in [-0.15, -0.1) is 0 Å². The van der Waals surface area contributed by atoms with Gasteiger partial charge >= 0.3 is 5.97 Å². The molecule has 1 aliphatic heterocycles. The number of anilines is 1. The number of carbonyl (C=O) groups is 1. The molecule has 0 amide bonds. The van der Waals surface area contributed by atoms with Crippen LogP contribution in [0.3, 0.4) is 0 Å². The molecule has 1 fully saturated rings. The molecule has 0 aliphatic carbocycles. The molecule has 1 aliphatic rings. The third-order valence-electron chi connectivity index (χ3n) is 3.25. The average molecular weight is 279 g/mol. The minimum absolute atomic E-state index is 0.0526. The van der Waals surface area contributed by atoms with Crippen LogP contribution in [0, 0.1) is 10.1 Å². The fourth-order valence-corrected chi connectivity index (χ4v) is 2.21. The summed E-state index contributed by atoms with van der Waals surface area (Å²) in [6.45, 7) is 1.67. The van der Waals surface area contributed by atoms with E-state index in [2.05, 4.69) is 10.2 Å². The Balaban J connectivity index is 2.26. The summed E-state index contributed by atoms with van der Waals surface area (Å²) in [6.07, 6.45) is 3.28. The molecule has 0 radical (unpaired) electrons. The Hall–Kier alpha value is -2.15. The highest BCUT2D eigenvalue weighted by Crippen LogP contribution is 2.27. The topological polar surface area (TPSA) is 84.7 Å². The standard InChI is InChI=1S/C13H17N3O4/c1-20-13(17)10-5-6-12(16(18)19)11(9-10)14-15-7-3-2-4-8-15/h5-6,9,14H,2-4,7-8H2,1H3. The predicted molar refractivity (Wildman–Crippen MR) is 73.5 cm³/mol. The second-order valence-electron chi connectivity index (χ2n) is 4.64. The summed E-state index contributed by atoms with van der Waals surface area (Å²) in [5.74, 6) is -0.512. The van der Waals surface area contributed by atoms with E-state index >= 15 is 0 Å². The first-order valence-corrected chi connectivity index (χ1v) is 6.50. The number of rotatable bonds is 4. The zero-order valence-electron chi connectivity index (χ0n) is 11.3. The smallest absolute Gasteiger partial charge is 0.337 e. The largest absolute Gasteiger partial charge is 0.465 e. The molecule has 1 saturated heterocycles. The van der Waals surface area contributed by atoms with Crippen molar-refractivity contribution in [1.82, 2.24) is 5.01 Å². The van der Waals surface area contributed by atoms with E-state index in [0.29, 0.717) is 5.69 Å². The maximum absolute atomic E-state index is 11.5. The molecule has 20 heavy (non-hydrogen) atoms. The predicted octanol–water partition coefficient (Wildman–Crippen LogP) is 2.19. The van der Waals surface area contributed by atoms with E-state index in [1.54, 1.807) is 0 Å². The third-order valence-corrected chi connectivity index (χ3v) is 3.25. The SMILES string of the molecule is COC(=O)c1ccc([N+](=O)[O-])c(NN2CCCCC2)c1. The molecule has 0 unspecified atom stereocenters. The highest BCUT2D eigenvalue weighted by Gasteiger charge is 2.19. The Morgan fingerprint density at radius 1 is 1.35 bits per heavy atom. The van der Waals surface area contributed by atoms with Crippen LogP contribution in [0.1, 0.15) is 29.6 Å². The molecule has 0 aromatic heterocycles. The Morgan fingerprint density at radius 3 is 2.65 bits per heavy atom. The van der Waals surface area contributed by atoms with E-state index in [0.717, 1.165) is 25.9 Å². The molecule has 1 aromatic rings. The molecule has 0 bridgehead atoms. The van der Waals surface area contributed by atoms with Crippen molar-refractivity contribution in [3.63, 3.8) is 0 Å². The molecule has 0 saturated carbocycles. The van der Waals surface area contributed by atoms with Crippen molar-refractivity contribution >= 4 is 17.3 Å². The Labute approximate surface area is 116 Å². The molecular weight excluding hydrogens is 262 g/mol. The number of hydrogen-bond donors (Lipinski definition) is 1. The highest BCUT2D eigenvalue weighted by atomic mass is 16.6. The number of carbonyl (C=O) groups excluding carboxylic acids is 1. The van der Waals surface area contributed by atoms with Gasteiger partial charge in [-0.1, -0.05) is 6.42 Å². The number of nitro benzene ring substituents is 1. The van der Waals surface area contributed by atoms with Crippen LogP contribution in [0.25, 0.3) is 0 Å². The maximum atomic E-state index is 11.5. The van der Waals surface area contributed by atoms with Gasteiger partial charge in [-0.25, -0.2) is 9.80 Å². The van der Waals surface area contributed by atoms with Gasteiger partial charge in [-0.05, 0) is 25.0 Å². The number of hydrazine groups is 1. The van der Waals surface area contributed by atoms with Crippen LogP contribution in [0.5, 0.6) is 0 Å². The summed E-state index contributed by atoms with van der Waals surface area (Å²) in [4.78, 5) is 22.1. The molecule has 1 aromatic carbocycles. The van der Waals surface area contributed by atoms with Crippen LogP contribution in [0.2, 0.25) is 0 Å². The molecule has 2 rings (SSSR count). The van der Waals surface area contributed by atoms with E-state index in [1.165, 1.54) is 31.7 Å². The molecule has 0 spiro atoms. The third kappa shape index (κ3) is 3.24. The number of hydrogen-bond acceptors (Lipinski definition) is 6. The van der Waals surface area contributed by atoms with Gasteiger partial charge in [0.25, 0.3) is 5.69 Å². The number of nitrogens with one attached hydrogen (secondary N) is 1. The molecule has 108 valence electrons. The fourth-order valence-electron chi connectivity index (χ4n) is 2.21. The van der Waals surface area contributed by atoms with Crippen LogP contribution in [0.15, 0.2) is 18.2 Å². The second-order valence-corrected chi connectivity index (χ2v) is 4.64. The summed E-state index contributed by atoms with van der Waals surface area (Å²) in [5, 5.41) is 13.0. The van der Waals surface area contributed by atoms with E-state index in [1.807, 2.05) is 5.01 Å². The lowest BCUT2D eigenvalue weighted by Crippen LogP contribution is -2.35. The normalized spacial score (nSPS) is 15.7. The van der Waals surface area contributed by atoms with Crippen LogP contribution >= 0.6 is 0 Å². The zero-order chi connectivity index (χ0) is 14.5. The molecule has 7 heteroatoms. The van der Waals surface area contributed by atoms with Crippen molar-refractivity contribution in [3.05, 3.63) is 33.9 Å². The van der Waals surface area contributed by atoms with Crippen molar-refractivity contribution < 1.29 is 14.5 Å². The van der Waals surface area contributed by atoms with Gasteiger partial charge in [0.2, 0.25) is 0 Å². The summed E-state index contributed by atoms with van der Waals surface area (Å²) < 4.78 is 4.63. The Bertz CT molecular complexity index is 512. The first-order chi connectivity index (χ1) is 9.61. The number of methoxy groups -OCH3 is 1. The lowest BCUT2D eigenvalue weighted by molar-refractivity contribution is -0.384. The van der Waals surface area contributed by atoms with Gasteiger partial charge < -0.3 is 10.2 Å². The Morgan fingerprint density at radius 2 is 2.05 bits per heavy atom. The van der Waals surface area contributed by atoms with Crippen LogP contribution < -0.4 is 5.43 Å². The summed E-state index contributed by atoms with van der Waals surface area (Å²) >= 11 is 0. The van der Waals surface area contributed by atoms with Crippen LogP contribution in [-0.2, 0) is 4.74 Å². The molecule has 0 atom stereocenters. The molecular formula is C13H17N3O4. The quantitative estimate of drug-likeness (QED) is 0.516. The van der Waals surface area contributed by atoms with Crippen molar-refractivity contribution in [2.45, 2.75) is 19.3 Å². The first kappa shape index (κ1) is 14.3. The summed E-state index contributed by atoms with van der Waals surface area (Å²) in [5.41, 5.74) is 3.59. The van der Waals surface area contributed by atoms with E-state index in [9.17, 15) is 14.9 Å². The van der Waals surface area contributed by atoms with Gasteiger partial charge in [-0.3, -0.25) is 10.1 Å². The molecule has 1 heterocycles. The number of nitro groups is 1. The zero-order valence-corrected chi connectivity index (χ0v) is 11.3. The molecule has 1 N–H and O–H groups in total. The van der Waals surface area contributed by atoms with Gasteiger partial charge in [0.15, 0.2) is 0 Å². The van der Waals surface area contributed by atoms with E-state index < -0.39 is 10.9 Å². The second kappa shape index (κ2) is 6.33. The first-order valence-electron chi connectivity index (χ1n) is 6.50. The van der Waals surface area contributed by atoms with Gasteiger partial charge in [-0.2, -0.15) is 0 Å². The summed E-state index contributed by atoms with van der Waals surface area (Å²) in [6, 6.07) is 4.17. The lowest BCUT2D eigenvalue weighted by atomic mass is 10.1. The lowest BCUT2D eigenvalue weighted by Gasteiger charge is -2.27. The van der Waals surface area contributed by atoms with Crippen LogP contribution in [-0.4, -0.2) is 36.1 Å². The van der Waals surface area contributed by atoms with Crippen molar-refractivity contribution in [3.8, 4) is 0 Å². The summed E-state index contributed by atoms with van der Waals surface area (Å²) in [7, 11) is 1.28. The average Bonchev–Trinajstić information content (AvgIpc) is 2.47. The number of esters is 1. The number of nitrogens with zero attached hydrogens (tertiary/aromatic N) is 2. The van der Waals surface area contributed by atoms with Crippen LogP contribution in [0.4, 0.5) is 11.4 Å².